The number of nitro groups is 1. The van der Waals surface area contributed by atoms with Crippen LogP contribution in [0.3, 0.4) is 0 Å². The van der Waals surface area contributed by atoms with Gasteiger partial charge in [0.1, 0.15) is 0 Å². The van der Waals surface area contributed by atoms with Crippen LogP contribution in [0.25, 0.3) is 10.8 Å². The molecule has 2 N–H and O–H groups in total. The molecule has 0 aliphatic rings. The SMILES string of the molecule is C=CCn1c(CNc2cccc3ccccc23)nnc1SCC(=O)NN=C(C)c1ccc([N+](=O)[O-])cc1. The van der Waals surface area contributed by atoms with E-state index < -0.39 is 4.92 Å². The molecule has 188 valence electrons. The lowest BCUT2D eigenvalue weighted by Crippen LogP contribution is -2.21. The molecule has 0 aliphatic carbocycles. The van der Waals surface area contributed by atoms with Crippen LogP contribution >= 0.6 is 11.8 Å². The van der Waals surface area contributed by atoms with E-state index in [2.05, 4.69) is 50.8 Å². The van der Waals surface area contributed by atoms with Crippen LogP contribution in [0, 0.1) is 10.1 Å². The lowest BCUT2D eigenvalue weighted by atomic mass is 10.1. The van der Waals surface area contributed by atoms with Gasteiger partial charge < -0.3 is 9.88 Å². The number of allylic oxidation sites excluding steroid dienone is 1. The van der Waals surface area contributed by atoms with Crippen molar-refractivity contribution in [2.75, 3.05) is 11.1 Å². The van der Waals surface area contributed by atoms with E-state index in [1.807, 2.05) is 28.8 Å². The summed E-state index contributed by atoms with van der Waals surface area (Å²) in [7, 11) is 0. The number of hydrogen-bond donors (Lipinski definition) is 2. The Hall–Kier alpha value is -4.51. The van der Waals surface area contributed by atoms with E-state index in [1.165, 1.54) is 23.9 Å². The molecule has 1 heterocycles. The molecule has 0 spiro atoms. The molecule has 0 saturated heterocycles. The van der Waals surface area contributed by atoms with Crippen molar-refractivity contribution in [3.63, 3.8) is 0 Å². The van der Waals surface area contributed by atoms with Crippen LogP contribution in [0.1, 0.15) is 18.3 Å². The molecule has 3 aromatic carbocycles. The molecule has 0 aliphatic heterocycles. The Kier molecular flexibility index (Phi) is 8.26. The van der Waals surface area contributed by atoms with Gasteiger partial charge in [-0.2, -0.15) is 5.10 Å². The number of nitrogens with one attached hydrogen (secondary N) is 2. The van der Waals surface area contributed by atoms with Crippen molar-refractivity contribution in [3.8, 4) is 0 Å². The highest BCUT2D eigenvalue weighted by Crippen LogP contribution is 2.24. The van der Waals surface area contributed by atoms with Gasteiger partial charge in [-0.3, -0.25) is 14.9 Å². The monoisotopic (exact) mass is 515 g/mol. The number of hydrogen-bond acceptors (Lipinski definition) is 8. The van der Waals surface area contributed by atoms with Gasteiger partial charge in [0.15, 0.2) is 11.0 Å². The van der Waals surface area contributed by atoms with Crippen LogP contribution in [0.2, 0.25) is 0 Å². The fourth-order valence-corrected chi connectivity index (χ4v) is 4.38. The van der Waals surface area contributed by atoms with Gasteiger partial charge in [0.05, 0.1) is 22.9 Å². The fraction of sp³-hybridized carbons (Fsp3) is 0.154. The number of benzene rings is 3. The van der Waals surface area contributed by atoms with Gasteiger partial charge in [-0.1, -0.05) is 54.2 Å². The number of nitro benzene ring substituents is 1. The molecule has 0 unspecified atom stereocenters. The van der Waals surface area contributed by atoms with Crippen molar-refractivity contribution < 1.29 is 9.72 Å². The Morgan fingerprint density at radius 1 is 1.14 bits per heavy atom. The van der Waals surface area contributed by atoms with Gasteiger partial charge in [0.2, 0.25) is 0 Å². The fourth-order valence-electron chi connectivity index (χ4n) is 3.62. The van der Waals surface area contributed by atoms with Crippen molar-refractivity contribution in [1.29, 1.82) is 0 Å². The van der Waals surface area contributed by atoms with Crippen LogP contribution < -0.4 is 10.7 Å². The number of carbonyl (C=O) groups excluding carboxylic acids is 1. The topological polar surface area (TPSA) is 127 Å². The minimum absolute atomic E-state index is 0.00712. The minimum atomic E-state index is -0.467. The zero-order valence-electron chi connectivity index (χ0n) is 20.1. The number of aromatic nitrogens is 3. The van der Waals surface area contributed by atoms with Gasteiger partial charge in [0, 0.05) is 29.8 Å². The molecule has 10 nitrogen and oxygen atoms in total. The molecule has 0 atom stereocenters. The summed E-state index contributed by atoms with van der Waals surface area (Å²) in [5.41, 5.74) is 4.71. The molecule has 0 fully saturated rings. The standard InChI is InChI=1S/C26H25N7O3S/c1-3-15-32-24(16-27-23-10-6-8-20-7-4-5-9-22(20)23)29-31-26(32)37-17-25(34)30-28-18(2)19-11-13-21(14-12-19)33(35)36/h3-14,27H,1,15-17H2,2H3,(H,30,34). The second kappa shape index (κ2) is 12.0. The number of fused-ring (bicyclic) bond motifs is 1. The summed E-state index contributed by atoms with van der Waals surface area (Å²) in [5, 5.41) is 29.8. The van der Waals surface area contributed by atoms with Crippen molar-refractivity contribution in [2.24, 2.45) is 5.10 Å². The van der Waals surface area contributed by atoms with Crippen molar-refractivity contribution in [2.45, 2.75) is 25.2 Å². The first-order chi connectivity index (χ1) is 18.0. The van der Waals surface area contributed by atoms with E-state index in [4.69, 9.17) is 0 Å². The summed E-state index contributed by atoms with van der Waals surface area (Å²) in [4.78, 5) is 22.7. The van der Waals surface area contributed by atoms with Crippen LogP contribution in [-0.4, -0.2) is 37.1 Å². The number of hydrazone groups is 1. The Morgan fingerprint density at radius 3 is 2.65 bits per heavy atom. The summed E-state index contributed by atoms with van der Waals surface area (Å²) in [5.74, 6) is 0.501. The quantitative estimate of drug-likeness (QED) is 0.0968. The first-order valence-corrected chi connectivity index (χ1v) is 12.4. The maximum Gasteiger partial charge on any atom is 0.269 e. The van der Waals surface area contributed by atoms with E-state index in [9.17, 15) is 14.9 Å². The van der Waals surface area contributed by atoms with E-state index in [0.717, 1.165) is 22.3 Å². The summed E-state index contributed by atoms with van der Waals surface area (Å²) < 4.78 is 1.91. The predicted molar refractivity (Wildman–Crippen MR) is 146 cm³/mol. The predicted octanol–water partition coefficient (Wildman–Crippen LogP) is 4.77. The average Bonchev–Trinajstić information content (AvgIpc) is 3.30. The number of anilines is 1. The Balaban J connectivity index is 1.37. The van der Waals surface area contributed by atoms with Gasteiger partial charge in [-0.15, -0.1) is 16.8 Å². The Labute approximate surface area is 217 Å². The van der Waals surface area contributed by atoms with Crippen LogP contribution in [-0.2, 0) is 17.9 Å². The summed E-state index contributed by atoms with van der Waals surface area (Å²) in [6.07, 6.45) is 1.76. The van der Waals surface area contributed by atoms with Crippen molar-refractivity contribution in [3.05, 3.63) is 101 Å². The highest BCUT2D eigenvalue weighted by Gasteiger charge is 2.14. The molecule has 4 aromatic rings. The number of rotatable bonds is 11. The van der Waals surface area contributed by atoms with Gasteiger partial charge in [-0.25, -0.2) is 5.43 Å². The normalized spacial score (nSPS) is 11.3. The maximum atomic E-state index is 12.4. The van der Waals surface area contributed by atoms with E-state index in [1.54, 1.807) is 25.1 Å². The van der Waals surface area contributed by atoms with Crippen molar-refractivity contribution >= 4 is 45.5 Å². The number of carbonyl (C=O) groups is 1. The van der Waals surface area contributed by atoms with Gasteiger partial charge in [0.25, 0.3) is 11.6 Å². The second-order valence-corrected chi connectivity index (χ2v) is 8.95. The number of non-ortho nitro benzene ring substituents is 1. The van der Waals surface area contributed by atoms with Crippen LogP contribution in [0.15, 0.2) is 89.6 Å². The Bertz CT molecular complexity index is 1460. The Morgan fingerprint density at radius 2 is 1.89 bits per heavy atom. The lowest BCUT2D eigenvalue weighted by molar-refractivity contribution is -0.384. The summed E-state index contributed by atoms with van der Waals surface area (Å²) >= 11 is 1.25. The molecular formula is C26H25N7O3S. The molecule has 1 amide bonds. The van der Waals surface area contributed by atoms with Crippen molar-refractivity contribution in [1.82, 2.24) is 20.2 Å². The lowest BCUT2D eigenvalue weighted by Gasteiger charge is -2.11. The minimum Gasteiger partial charge on any atom is -0.377 e. The molecular weight excluding hydrogens is 490 g/mol. The summed E-state index contributed by atoms with van der Waals surface area (Å²) in [6, 6.07) is 20.2. The first kappa shape index (κ1) is 25.6. The number of amides is 1. The molecule has 37 heavy (non-hydrogen) atoms. The first-order valence-electron chi connectivity index (χ1n) is 11.4. The van der Waals surface area contributed by atoms with E-state index >= 15 is 0 Å². The summed E-state index contributed by atoms with van der Waals surface area (Å²) in [6.45, 7) is 6.50. The van der Waals surface area contributed by atoms with E-state index in [-0.39, 0.29) is 17.3 Å². The van der Waals surface area contributed by atoms with Gasteiger partial charge in [-0.05, 0) is 36.1 Å². The maximum absolute atomic E-state index is 12.4. The zero-order chi connectivity index (χ0) is 26.2. The molecule has 4 rings (SSSR count). The molecule has 0 bridgehead atoms. The second-order valence-electron chi connectivity index (χ2n) is 8.00. The highest BCUT2D eigenvalue weighted by atomic mass is 32.2. The molecule has 1 aromatic heterocycles. The van der Waals surface area contributed by atoms with E-state index in [0.29, 0.717) is 29.5 Å². The third-order valence-electron chi connectivity index (χ3n) is 5.51. The number of thioether (sulfide) groups is 1. The average molecular weight is 516 g/mol. The zero-order valence-corrected chi connectivity index (χ0v) is 20.9. The molecule has 11 heteroatoms. The smallest absolute Gasteiger partial charge is 0.269 e. The molecule has 0 radical (unpaired) electrons. The van der Waals surface area contributed by atoms with Gasteiger partial charge >= 0.3 is 0 Å². The molecule has 0 saturated carbocycles. The van der Waals surface area contributed by atoms with Crippen LogP contribution in [0.5, 0.6) is 0 Å². The van der Waals surface area contributed by atoms with Crippen LogP contribution in [0.4, 0.5) is 11.4 Å². The highest BCUT2D eigenvalue weighted by molar-refractivity contribution is 7.99. The largest absolute Gasteiger partial charge is 0.377 e. The number of nitrogens with zero attached hydrogens (tertiary/aromatic N) is 5. The third-order valence-corrected chi connectivity index (χ3v) is 6.48. The third kappa shape index (κ3) is 6.39.